The summed E-state index contributed by atoms with van der Waals surface area (Å²) in [5.41, 5.74) is 1.82. The van der Waals surface area contributed by atoms with Crippen molar-refractivity contribution in [1.82, 2.24) is 0 Å². The number of Topliss-reactive ketones (excluding diaryl/α,β-unsaturated/α-hetero) is 3. The topological polar surface area (TPSA) is 71.4 Å². The lowest BCUT2D eigenvalue weighted by atomic mass is 9.76. The molecule has 0 spiro atoms. The molecule has 0 aliphatic heterocycles. The molecule has 5 rings (SSSR count). The number of hydrogen-bond acceptors (Lipinski definition) is 4. The molecule has 4 heteroatoms. The van der Waals surface area contributed by atoms with Crippen LogP contribution in [0.4, 0.5) is 0 Å². The smallest absolute Gasteiger partial charge is 0.138 e. The van der Waals surface area contributed by atoms with Crippen LogP contribution in [0.1, 0.15) is 204 Å². The van der Waals surface area contributed by atoms with Crippen LogP contribution in [0.25, 0.3) is 0 Å². The number of aliphatic hydroxyl groups excluding tert-OH is 1. The zero-order valence-electron chi connectivity index (χ0n) is 31.1. The number of aliphatic hydroxyl groups is 1. The van der Waals surface area contributed by atoms with E-state index < -0.39 is 0 Å². The van der Waals surface area contributed by atoms with Crippen molar-refractivity contribution in [2.45, 2.75) is 210 Å². The van der Waals surface area contributed by atoms with Crippen LogP contribution in [0.2, 0.25) is 0 Å². The molecule has 0 saturated heterocycles. The Labute approximate surface area is 273 Å². The van der Waals surface area contributed by atoms with E-state index in [-0.39, 0.29) is 11.5 Å². The van der Waals surface area contributed by atoms with Crippen molar-refractivity contribution in [2.24, 2.45) is 27.1 Å². The summed E-state index contributed by atoms with van der Waals surface area (Å²) in [6, 6.07) is 0. The summed E-state index contributed by atoms with van der Waals surface area (Å²) in [4.78, 5) is 32.7. The lowest BCUT2D eigenvalue weighted by molar-refractivity contribution is -0.129. The predicted octanol–water partition coefficient (Wildman–Crippen LogP) is 11.4. The van der Waals surface area contributed by atoms with Gasteiger partial charge in [-0.3, -0.25) is 14.4 Å². The van der Waals surface area contributed by atoms with Crippen molar-refractivity contribution < 1.29 is 19.5 Å². The Morgan fingerprint density at radius 2 is 0.977 bits per heavy atom. The van der Waals surface area contributed by atoms with Crippen LogP contribution >= 0.6 is 0 Å². The molecular weight excluding hydrogens is 544 g/mol. The molecule has 5 aliphatic rings. The van der Waals surface area contributed by atoms with E-state index in [2.05, 4.69) is 69.2 Å². The van der Waals surface area contributed by atoms with Crippen molar-refractivity contribution in [3.8, 4) is 0 Å². The molecule has 0 bridgehead atoms. The molecule has 0 aromatic carbocycles. The van der Waals surface area contributed by atoms with Crippen LogP contribution < -0.4 is 0 Å². The van der Waals surface area contributed by atoms with E-state index in [1.54, 1.807) is 0 Å². The van der Waals surface area contributed by atoms with Gasteiger partial charge in [-0.25, -0.2) is 0 Å². The number of ketones is 3. The van der Waals surface area contributed by atoms with Gasteiger partial charge in [-0.05, 0) is 92.3 Å². The van der Waals surface area contributed by atoms with Gasteiger partial charge in [0.15, 0.2) is 0 Å². The molecule has 44 heavy (non-hydrogen) atoms. The van der Waals surface area contributed by atoms with Gasteiger partial charge in [0.2, 0.25) is 0 Å². The highest BCUT2D eigenvalue weighted by Gasteiger charge is 2.30. The maximum atomic E-state index is 11.1. The molecule has 258 valence electrons. The molecule has 0 heterocycles. The van der Waals surface area contributed by atoms with Crippen molar-refractivity contribution in [2.75, 3.05) is 0 Å². The van der Waals surface area contributed by atoms with Gasteiger partial charge >= 0.3 is 0 Å². The average molecular weight is 619 g/mol. The summed E-state index contributed by atoms with van der Waals surface area (Å²) >= 11 is 0. The molecule has 1 unspecified atom stereocenters. The molecule has 5 saturated carbocycles. The minimum absolute atomic E-state index is 0.00174. The Kier molecular flexibility index (Phi) is 17.1. The Balaban J connectivity index is 0.000000275. The fraction of sp³-hybridized carbons (Fsp3) is 0.925. The Bertz CT molecular complexity index is 856. The summed E-state index contributed by atoms with van der Waals surface area (Å²) in [7, 11) is 0. The minimum Gasteiger partial charge on any atom is -0.393 e. The molecule has 1 N–H and O–H groups in total. The zero-order chi connectivity index (χ0) is 33.7. The van der Waals surface area contributed by atoms with E-state index in [1.165, 1.54) is 57.8 Å². The first-order chi connectivity index (χ1) is 20.1. The minimum atomic E-state index is -0.0197. The molecule has 5 fully saturated rings. The van der Waals surface area contributed by atoms with Crippen molar-refractivity contribution in [3.63, 3.8) is 0 Å². The quantitative estimate of drug-likeness (QED) is 0.293. The van der Waals surface area contributed by atoms with Crippen LogP contribution in [0.3, 0.4) is 0 Å². The summed E-state index contributed by atoms with van der Waals surface area (Å²) in [6.45, 7) is 22.1. The van der Waals surface area contributed by atoms with E-state index in [9.17, 15) is 19.5 Å². The Hall–Kier alpha value is -1.03. The number of rotatable bonds is 0. The summed E-state index contributed by atoms with van der Waals surface area (Å²) in [6.07, 6.45) is 23.8. The number of carbonyl (C=O) groups excluding carboxylic acids is 3. The van der Waals surface area contributed by atoms with E-state index in [0.717, 1.165) is 77.0 Å². The van der Waals surface area contributed by atoms with Crippen molar-refractivity contribution in [3.05, 3.63) is 0 Å². The van der Waals surface area contributed by atoms with Gasteiger partial charge in [-0.1, -0.05) is 101 Å². The highest BCUT2D eigenvalue weighted by atomic mass is 16.3. The maximum absolute atomic E-state index is 11.1. The monoisotopic (exact) mass is 619 g/mol. The first kappa shape index (κ1) is 41.0. The second-order valence-electron chi connectivity index (χ2n) is 18.6. The van der Waals surface area contributed by atoms with Gasteiger partial charge in [-0.2, -0.15) is 0 Å². The van der Waals surface area contributed by atoms with Crippen LogP contribution in [-0.2, 0) is 14.4 Å². The second kappa shape index (κ2) is 18.3. The first-order valence-corrected chi connectivity index (χ1v) is 18.4. The van der Waals surface area contributed by atoms with Crippen LogP contribution in [0.5, 0.6) is 0 Å². The van der Waals surface area contributed by atoms with E-state index >= 15 is 0 Å². The average Bonchev–Trinajstić information content (AvgIpc) is 2.88. The predicted molar refractivity (Wildman–Crippen MR) is 187 cm³/mol. The Morgan fingerprint density at radius 3 is 1.30 bits per heavy atom. The van der Waals surface area contributed by atoms with Crippen LogP contribution in [-0.4, -0.2) is 28.6 Å². The van der Waals surface area contributed by atoms with Gasteiger partial charge in [0.25, 0.3) is 0 Å². The Morgan fingerprint density at radius 1 is 0.477 bits per heavy atom. The van der Waals surface area contributed by atoms with Crippen molar-refractivity contribution >= 4 is 17.3 Å². The van der Waals surface area contributed by atoms with Gasteiger partial charge in [0.05, 0.1) is 6.10 Å². The van der Waals surface area contributed by atoms with Crippen molar-refractivity contribution in [1.29, 1.82) is 0 Å². The van der Waals surface area contributed by atoms with Gasteiger partial charge in [0, 0.05) is 37.5 Å². The van der Waals surface area contributed by atoms with E-state index in [1.807, 2.05) is 0 Å². The lowest BCUT2D eigenvalue weighted by Gasteiger charge is -2.32. The molecule has 0 amide bonds. The standard InChI is InChI=1S/C8H14O.C8H16O.2C8H14O.C8H16/c1-8(2)5-3-7(9)4-6-8;2*1-8(2)5-3-4-7(9)6-8;1-8(2)6-4-3-5-7(8)9;1-8(2)6-4-3-5-7-8/h3-6H2,1-2H3;7,9H,3-6H2,1-2H3;2*3-6H2,1-2H3;3-7H2,1-2H3. The van der Waals surface area contributed by atoms with Gasteiger partial charge < -0.3 is 5.11 Å². The maximum Gasteiger partial charge on any atom is 0.138 e. The molecule has 0 aromatic rings. The highest BCUT2D eigenvalue weighted by molar-refractivity contribution is 5.84. The molecule has 1 atom stereocenters. The lowest BCUT2D eigenvalue weighted by Crippen LogP contribution is -2.27. The third kappa shape index (κ3) is 18.8. The van der Waals surface area contributed by atoms with E-state index in [0.29, 0.717) is 39.0 Å². The molecule has 5 aliphatic carbocycles. The third-order valence-corrected chi connectivity index (χ3v) is 10.7. The SMILES string of the molecule is CC1(C)CCC(=O)CC1.CC1(C)CCCC(=O)C1.CC1(C)CCCC(O)C1.CC1(C)CCCCC1.CC1(C)CCCCC1=O. The molecular formula is C40H74O4. The first-order valence-electron chi connectivity index (χ1n) is 18.4. The van der Waals surface area contributed by atoms with E-state index in [4.69, 9.17) is 0 Å². The number of hydrogen-bond donors (Lipinski definition) is 1. The van der Waals surface area contributed by atoms with Crippen LogP contribution in [0, 0.1) is 27.1 Å². The number of carbonyl (C=O) groups is 3. The third-order valence-electron chi connectivity index (χ3n) is 10.7. The molecule has 0 radical (unpaired) electrons. The highest BCUT2D eigenvalue weighted by Crippen LogP contribution is 2.36. The largest absolute Gasteiger partial charge is 0.393 e. The molecule has 4 nitrogen and oxygen atoms in total. The van der Waals surface area contributed by atoms with Crippen LogP contribution in [0.15, 0.2) is 0 Å². The fourth-order valence-electron chi connectivity index (χ4n) is 7.18. The fourth-order valence-corrected chi connectivity index (χ4v) is 7.18. The summed E-state index contributed by atoms with van der Waals surface area (Å²) in [5.74, 6) is 1.36. The van der Waals surface area contributed by atoms with Gasteiger partial charge in [0.1, 0.15) is 17.3 Å². The normalized spacial score (nSPS) is 28.2. The second-order valence-corrected chi connectivity index (χ2v) is 18.6. The molecule has 0 aromatic heterocycles. The summed E-state index contributed by atoms with van der Waals surface area (Å²) < 4.78 is 0. The zero-order valence-corrected chi connectivity index (χ0v) is 31.1. The van der Waals surface area contributed by atoms with Gasteiger partial charge in [-0.15, -0.1) is 0 Å². The summed E-state index contributed by atoms with van der Waals surface area (Å²) in [5, 5.41) is 9.24.